The Morgan fingerprint density at radius 3 is 2.42 bits per heavy atom. The van der Waals surface area contributed by atoms with Gasteiger partial charge in [-0.15, -0.1) is 9.78 Å². The van der Waals surface area contributed by atoms with Crippen LogP contribution < -0.4 is 4.74 Å². The topological polar surface area (TPSA) is 54.5 Å². The molecule has 0 unspecified atom stereocenters. The molecule has 1 aliphatic rings. The van der Waals surface area contributed by atoms with Crippen LogP contribution in [0.15, 0.2) is 30.3 Å². The van der Waals surface area contributed by atoms with Crippen molar-refractivity contribution in [3.05, 3.63) is 30.3 Å². The quantitative estimate of drug-likeness (QED) is 0.532. The summed E-state index contributed by atoms with van der Waals surface area (Å²) < 4.78 is 5.17. The van der Waals surface area contributed by atoms with Crippen molar-refractivity contribution >= 4 is 0 Å². The highest BCUT2D eigenvalue weighted by Gasteiger charge is 2.52. The second-order valence-electron chi connectivity index (χ2n) is 2.42. The lowest BCUT2D eigenvalue weighted by molar-refractivity contribution is 0.000559. The van der Waals surface area contributed by atoms with Crippen LogP contribution in [0.4, 0.5) is 0 Å². The van der Waals surface area contributed by atoms with Crippen molar-refractivity contribution in [2.45, 2.75) is 5.97 Å². The third kappa shape index (κ3) is 1.40. The molecule has 64 valence electrons. The molecule has 1 fully saturated rings. The Bertz CT molecular complexity index is 255. The predicted molar refractivity (Wildman–Crippen MR) is 39.1 cm³/mol. The molecule has 1 aromatic carbocycles. The van der Waals surface area contributed by atoms with Crippen LogP contribution in [-0.4, -0.2) is 17.7 Å². The van der Waals surface area contributed by atoms with E-state index in [9.17, 15) is 0 Å². The predicted octanol–water partition coefficient (Wildman–Crippen LogP) is 0.673. The van der Waals surface area contributed by atoms with Crippen LogP contribution in [0.1, 0.15) is 0 Å². The van der Waals surface area contributed by atoms with Crippen LogP contribution in [0.25, 0.3) is 0 Å². The third-order valence-corrected chi connectivity index (χ3v) is 1.48. The van der Waals surface area contributed by atoms with Gasteiger partial charge >= 0.3 is 5.97 Å². The van der Waals surface area contributed by atoms with Gasteiger partial charge in [0, 0.05) is 0 Å². The minimum absolute atomic E-state index is 0.318. The summed E-state index contributed by atoms with van der Waals surface area (Å²) in [6.07, 6.45) is 0. The van der Waals surface area contributed by atoms with Crippen LogP contribution in [0.2, 0.25) is 0 Å². The maximum atomic E-state index is 8.74. The molecule has 0 bridgehead atoms. The summed E-state index contributed by atoms with van der Waals surface area (Å²) in [5.41, 5.74) is 0. The Labute approximate surface area is 69.2 Å². The molecule has 0 atom stereocenters. The number of rotatable bonds is 3. The number of hydrogen-bond donors (Lipinski definition) is 1. The van der Waals surface area contributed by atoms with Gasteiger partial charge in [0.15, 0.2) is 0 Å². The Kier molecular flexibility index (Phi) is 1.73. The Balaban J connectivity index is 2.04. The fourth-order valence-electron chi connectivity index (χ4n) is 0.834. The average molecular weight is 168 g/mol. The molecule has 0 aliphatic carbocycles. The summed E-state index contributed by atoms with van der Waals surface area (Å²) in [6.45, 7) is -0.318. The van der Waals surface area contributed by atoms with E-state index in [1.54, 1.807) is 12.1 Å². The Hall–Kier alpha value is -1.10. The lowest BCUT2D eigenvalue weighted by Crippen LogP contribution is -2.24. The van der Waals surface area contributed by atoms with Crippen molar-refractivity contribution in [3.63, 3.8) is 0 Å². The van der Waals surface area contributed by atoms with Gasteiger partial charge in [0.2, 0.25) is 0 Å². The van der Waals surface area contributed by atoms with E-state index in [2.05, 4.69) is 9.78 Å². The van der Waals surface area contributed by atoms with Crippen molar-refractivity contribution in [3.8, 4) is 5.75 Å². The van der Waals surface area contributed by atoms with Gasteiger partial charge in [-0.1, -0.05) is 18.2 Å². The van der Waals surface area contributed by atoms with E-state index in [1.807, 2.05) is 18.2 Å². The molecule has 2 rings (SSSR count). The summed E-state index contributed by atoms with van der Waals surface area (Å²) in [4.78, 5) is 8.95. The molecule has 1 N–H and O–H groups in total. The van der Waals surface area contributed by atoms with Crippen molar-refractivity contribution in [1.82, 2.24) is 0 Å². The summed E-state index contributed by atoms with van der Waals surface area (Å²) >= 11 is 0. The first kappa shape index (κ1) is 7.54. The van der Waals surface area contributed by atoms with E-state index in [0.29, 0.717) is 5.75 Å². The second kappa shape index (κ2) is 2.75. The minimum Gasteiger partial charge on any atom is -0.434 e. The number of aliphatic hydroxyl groups is 1. The summed E-state index contributed by atoms with van der Waals surface area (Å²) in [5, 5.41) is 8.74. The fourth-order valence-corrected chi connectivity index (χ4v) is 0.834. The maximum absolute atomic E-state index is 8.74. The molecule has 0 aromatic heterocycles. The van der Waals surface area contributed by atoms with Gasteiger partial charge in [0.1, 0.15) is 12.4 Å². The second-order valence-corrected chi connectivity index (χ2v) is 2.42. The van der Waals surface area contributed by atoms with Gasteiger partial charge in [-0.05, 0) is 12.1 Å². The first-order valence-electron chi connectivity index (χ1n) is 3.56. The zero-order valence-electron chi connectivity index (χ0n) is 6.27. The Morgan fingerprint density at radius 1 is 1.25 bits per heavy atom. The molecule has 1 aliphatic heterocycles. The SMILES string of the molecule is OCC1(Oc2ccccc2)OO1. The molecule has 0 amide bonds. The Morgan fingerprint density at radius 2 is 1.92 bits per heavy atom. The number of benzene rings is 1. The van der Waals surface area contributed by atoms with Gasteiger partial charge in [-0.25, -0.2) is 0 Å². The van der Waals surface area contributed by atoms with Gasteiger partial charge < -0.3 is 9.84 Å². The first-order valence-corrected chi connectivity index (χ1v) is 3.56. The summed E-state index contributed by atoms with van der Waals surface area (Å²) in [6, 6.07) is 9.02. The molecule has 1 aromatic rings. The molecule has 1 saturated heterocycles. The van der Waals surface area contributed by atoms with E-state index >= 15 is 0 Å². The van der Waals surface area contributed by atoms with Crippen molar-refractivity contribution < 1.29 is 19.6 Å². The van der Waals surface area contributed by atoms with E-state index in [4.69, 9.17) is 9.84 Å². The summed E-state index contributed by atoms with van der Waals surface area (Å²) in [7, 11) is 0. The smallest absolute Gasteiger partial charge is 0.405 e. The molecule has 0 spiro atoms. The average Bonchev–Trinajstić information content (AvgIpc) is 2.88. The third-order valence-electron chi connectivity index (χ3n) is 1.48. The standard InChI is InChI=1S/C8H8O4/c9-6-8(11-12-8)10-7-4-2-1-3-5-7/h1-5,9H,6H2. The molecular formula is C8H8O4. The number of aliphatic hydroxyl groups excluding tert-OH is 1. The van der Waals surface area contributed by atoms with Crippen LogP contribution in [0.3, 0.4) is 0 Å². The highest BCUT2D eigenvalue weighted by molar-refractivity contribution is 5.21. The number of ether oxygens (including phenoxy) is 1. The lowest BCUT2D eigenvalue weighted by atomic mass is 10.3. The molecule has 0 saturated carbocycles. The number of para-hydroxylation sites is 1. The van der Waals surface area contributed by atoms with Gasteiger partial charge in [0.25, 0.3) is 0 Å². The van der Waals surface area contributed by atoms with Crippen LogP contribution in [0, 0.1) is 0 Å². The maximum Gasteiger partial charge on any atom is 0.405 e. The van der Waals surface area contributed by atoms with Crippen molar-refractivity contribution in [2.24, 2.45) is 0 Å². The van der Waals surface area contributed by atoms with Crippen LogP contribution in [-0.2, 0) is 9.78 Å². The first-order chi connectivity index (χ1) is 5.85. The normalized spacial score (nSPS) is 18.8. The van der Waals surface area contributed by atoms with Gasteiger partial charge in [0.05, 0.1) is 0 Å². The zero-order chi connectivity index (χ0) is 8.44. The van der Waals surface area contributed by atoms with Crippen molar-refractivity contribution in [1.29, 1.82) is 0 Å². The van der Waals surface area contributed by atoms with Gasteiger partial charge in [-0.3, -0.25) is 0 Å². The van der Waals surface area contributed by atoms with E-state index < -0.39 is 5.97 Å². The summed E-state index contributed by atoms with van der Waals surface area (Å²) in [5.74, 6) is -0.648. The number of hydrogen-bond acceptors (Lipinski definition) is 4. The van der Waals surface area contributed by atoms with Gasteiger partial charge in [-0.2, -0.15) is 0 Å². The minimum atomic E-state index is -1.25. The molecule has 12 heavy (non-hydrogen) atoms. The lowest BCUT2D eigenvalue weighted by Gasteiger charge is -2.06. The van der Waals surface area contributed by atoms with Crippen LogP contribution >= 0.6 is 0 Å². The zero-order valence-corrected chi connectivity index (χ0v) is 6.27. The molecule has 0 radical (unpaired) electrons. The van der Waals surface area contributed by atoms with E-state index in [-0.39, 0.29) is 6.61 Å². The largest absolute Gasteiger partial charge is 0.434 e. The molecule has 4 nitrogen and oxygen atoms in total. The highest BCUT2D eigenvalue weighted by Crippen LogP contribution is 2.31. The van der Waals surface area contributed by atoms with E-state index in [1.165, 1.54) is 0 Å². The van der Waals surface area contributed by atoms with Crippen LogP contribution in [0.5, 0.6) is 5.75 Å². The van der Waals surface area contributed by atoms with E-state index in [0.717, 1.165) is 0 Å². The fraction of sp³-hybridized carbons (Fsp3) is 0.250. The molecule has 4 heteroatoms. The molecule has 1 heterocycles. The molecular weight excluding hydrogens is 160 g/mol. The highest BCUT2D eigenvalue weighted by atomic mass is 17.5. The van der Waals surface area contributed by atoms with Crippen molar-refractivity contribution in [2.75, 3.05) is 6.61 Å². The monoisotopic (exact) mass is 168 g/mol.